The van der Waals surface area contributed by atoms with Crippen molar-refractivity contribution in [3.05, 3.63) is 36.3 Å². The number of hydrogen-bond acceptors (Lipinski definition) is 5. The molecule has 21 heavy (non-hydrogen) atoms. The van der Waals surface area contributed by atoms with Crippen LogP contribution in [0, 0.1) is 12.8 Å². The number of pyridine rings is 1. The quantitative estimate of drug-likeness (QED) is 0.885. The van der Waals surface area contributed by atoms with Crippen LogP contribution in [0.1, 0.15) is 24.4 Å². The van der Waals surface area contributed by atoms with Gasteiger partial charge >= 0.3 is 5.97 Å². The highest BCUT2D eigenvalue weighted by Crippen LogP contribution is 2.36. The van der Waals surface area contributed by atoms with E-state index in [0.29, 0.717) is 12.8 Å². The standard InChI is InChI=1S/C14H17N5O2/c1-9-2-3-15-13(6-9)17-11-7-10(14(20)21)8-12(11)19-5-4-16-18-19/h2-6,10-12H,7-8H2,1H3,(H,15,17)(H,20,21)/t10?,11-,12+/m1/s1. The van der Waals surface area contributed by atoms with Gasteiger partial charge in [-0.05, 0) is 37.5 Å². The molecule has 1 aliphatic carbocycles. The molecule has 0 aliphatic heterocycles. The molecule has 0 spiro atoms. The number of carbonyl (C=O) groups is 1. The average molecular weight is 287 g/mol. The highest BCUT2D eigenvalue weighted by Gasteiger charge is 2.39. The van der Waals surface area contributed by atoms with E-state index in [1.54, 1.807) is 23.3 Å². The molecule has 2 heterocycles. The molecule has 3 atom stereocenters. The third-order valence-corrected chi connectivity index (χ3v) is 3.91. The van der Waals surface area contributed by atoms with Crippen LogP contribution in [0.3, 0.4) is 0 Å². The lowest BCUT2D eigenvalue weighted by Gasteiger charge is -2.21. The van der Waals surface area contributed by atoms with Crippen LogP contribution in [-0.2, 0) is 4.79 Å². The van der Waals surface area contributed by atoms with Crippen LogP contribution in [0.5, 0.6) is 0 Å². The summed E-state index contributed by atoms with van der Waals surface area (Å²) in [5, 5.41) is 20.4. The first kappa shape index (κ1) is 13.5. The van der Waals surface area contributed by atoms with Gasteiger partial charge in [-0.1, -0.05) is 5.21 Å². The highest BCUT2D eigenvalue weighted by atomic mass is 16.4. The van der Waals surface area contributed by atoms with Crippen molar-refractivity contribution in [2.75, 3.05) is 5.32 Å². The van der Waals surface area contributed by atoms with Gasteiger partial charge in [0, 0.05) is 12.4 Å². The van der Waals surface area contributed by atoms with Gasteiger partial charge < -0.3 is 10.4 Å². The number of nitrogens with one attached hydrogen (secondary N) is 1. The molecule has 0 aromatic carbocycles. The number of hydrogen-bond donors (Lipinski definition) is 2. The third kappa shape index (κ3) is 2.86. The number of nitrogens with zero attached hydrogens (tertiary/aromatic N) is 4. The van der Waals surface area contributed by atoms with Crippen LogP contribution >= 0.6 is 0 Å². The smallest absolute Gasteiger partial charge is 0.306 e. The van der Waals surface area contributed by atoms with E-state index in [2.05, 4.69) is 20.6 Å². The minimum Gasteiger partial charge on any atom is -0.481 e. The topological polar surface area (TPSA) is 92.9 Å². The number of aryl methyl sites for hydroxylation is 1. The summed E-state index contributed by atoms with van der Waals surface area (Å²) < 4.78 is 1.73. The van der Waals surface area contributed by atoms with E-state index < -0.39 is 5.97 Å². The van der Waals surface area contributed by atoms with Crippen molar-refractivity contribution in [2.24, 2.45) is 5.92 Å². The summed E-state index contributed by atoms with van der Waals surface area (Å²) in [6, 6.07) is 3.82. The van der Waals surface area contributed by atoms with Crippen molar-refractivity contribution in [3.8, 4) is 0 Å². The SMILES string of the molecule is Cc1ccnc(N[C@@H]2CC(C(=O)O)C[C@@H]2n2ccnn2)c1. The Hall–Kier alpha value is -2.44. The lowest BCUT2D eigenvalue weighted by atomic mass is 10.1. The Labute approximate surface area is 122 Å². The summed E-state index contributed by atoms with van der Waals surface area (Å²) in [4.78, 5) is 15.6. The first-order valence-electron chi connectivity index (χ1n) is 6.91. The zero-order valence-corrected chi connectivity index (χ0v) is 11.7. The Morgan fingerprint density at radius 3 is 2.95 bits per heavy atom. The van der Waals surface area contributed by atoms with E-state index in [4.69, 9.17) is 0 Å². The van der Waals surface area contributed by atoms with Crippen molar-refractivity contribution in [1.82, 2.24) is 20.0 Å². The second kappa shape index (κ2) is 5.51. The Morgan fingerprint density at radius 2 is 2.29 bits per heavy atom. The van der Waals surface area contributed by atoms with Gasteiger partial charge in [-0.2, -0.15) is 0 Å². The number of aromatic nitrogens is 4. The zero-order valence-electron chi connectivity index (χ0n) is 11.7. The van der Waals surface area contributed by atoms with Gasteiger partial charge in [-0.15, -0.1) is 5.10 Å². The fraction of sp³-hybridized carbons (Fsp3) is 0.429. The fourth-order valence-corrected chi connectivity index (χ4v) is 2.86. The summed E-state index contributed by atoms with van der Waals surface area (Å²) in [5.41, 5.74) is 1.11. The average Bonchev–Trinajstić information content (AvgIpc) is 3.07. The maximum absolute atomic E-state index is 11.3. The highest BCUT2D eigenvalue weighted by molar-refractivity contribution is 5.70. The maximum atomic E-state index is 11.3. The molecule has 7 nitrogen and oxygen atoms in total. The molecular formula is C14H17N5O2. The molecule has 0 radical (unpaired) electrons. The lowest BCUT2D eigenvalue weighted by Crippen LogP contribution is -2.27. The van der Waals surface area contributed by atoms with Gasteiger partial charge in [0.15, 0.2) is 0 Å². The molecule has 2 aromatic rings. The molecule has 1 saturated carbocycles. The van der Waals surface area contributed by atoms with Crippen LogP contribution in [-0.4, -0.2) is 37.1 Å². The lowest BCUT2D eigenvalue weighted by molar-refractivity contribution is -0.141. The van der Waals surface area contributed by atoms with Crippen molar-refractivity contribution < 1.29 is 9.90 Å². The predicted molar refractivity (Wildman–Crippen MR) is 75.8 cm³/mol. The van der Waals surface area contributed by atoms with E-state index in [1.807, 2.05) is 19.1 Å². The maximum Gasteiger partial charge on any atom is 0.306 e. The van der Waals surface area contributed by atoms with Crippen molar-refractivity contribution in [3.63, 3.8) is 0 Å². The predicted octanol–water partition coefficient (Wildman–Crippen LogP) is 1.50. The number of aliphatic carboxylic acids is 1. The van der Waals surface area contributed by atoms with E-state index >= 15 is 0 Å². The Morgan fingerprint density at radius 1 is 1.43 bits per heavy atom. The van der Waals surface area contributed by atoms with Crippen molar-refractivity contribution in [1.29, 1.82) is 0 Å². The van der Waals surface area contributed by atoms with Crippen molar-refractivity contribution in [2.45, 2.75) is 31.8 Å². The van der Waals surface area contributed by atoms with Crippen LogP contribution in [0.25, 0.3) is 0 Å². The molecule has 2 N–H and O–H groups in total. The second-order valence-corrected chi connectivity index (χ2v) is 5.43. The molecule has 1 fully saturated rings. The Bertz CT molecular complexity index is 628. The molecule has 0 amide bonds. The molecule has 1 unspecified atom stereocenters. The zero-order chi connectivity index (χ0) is 14.8. The monoisotopic (exact) mass is 287 g/mol. The van der Waals surface area contributed by atoms with E-state index in [0.717, 1.165) is 11.4 Å². The van der Waals surface area contributed by atoms with Crippen molar-refractivity contribution >= 4 is 11.8 Å². The summed E-state index contributed by atoms with van der Waals surface area (Å²) >= 11 is 0. The number of rotatable bonds is 4. The number of anilines is 1. The van der Waals surface area contributed by atoms with Crippen LogP contribution in [0.4, 0.5) is 5.82 Å². The summed E-state index contributed by atoms with van der Waals surface area (Å²) in [6.45, 7) is 2.00. The van der Waals surface area contributed by atoms with Crippen LogP contribution < -0.4 is 5.32 Å². The van der Waals surface area contributed by atoms with Crippen LogP contribution in [0.2, 0.25) is 0 Å². The van der Waals surface area contributed by atoms with Gasteiger partial charge in [0.1, 0.15) is 5.82 Å². The minimum absolute atomic E-state index is 0.0258. The Kier molecular flexibility index (Phi) is 3.55. The summed E-state index contributed by atoms with van der Waals surface area (Å²) in [5.74, 6) is -0.376. The number of carboxylic acids is 1. The van der Waals surface area contributed by atoms with Gasteiger partial charge in [-0.3, -0.25) is 4.79 Å². The van der Waals surface area contributed by atoms with Crippen LogP contribution in [0.15, 0.2) is 30.7 Å². The first-order chi connectivity index (χ1) is 10.1. The molecule has 110 valence electrons. The normalized spacial score (nSPS) is 24.9. The second-order valence-electron chi connectivity index (χ2n) is 5.43. The summed E-state index contributed by atoms with van der Waals surface area (Å²) in [6.07, 6.45) is 6.22. The molecule has 7 heteroatoms. The van der Waals surface area contributed by atoms with Gasteiger partial charge in [0.05, 0.1) is 24.2 Å². The fourth-order valence-electron chi connectivity index (χ4n) is 2.86. The largest absolute Gasteiger partial charge is 0.481 e. The molecule has 1 aliphatic rings. The molecule has 0 bridgehead atoms. The number of carboxylic acid groups (broad SMARTS) is 1. The van der Waals surface area contributed by atoms with Gasteiger partial charge in [0.2, 0.25) is 0 Å². The summed E-state index contributed by atoms with van der Waals surface area (Å²) in [7, 11) is 0. The molecule has 0 saturated heterocycles. The minimum atomic E-state index is -0.762. The van der Waals surface area contributed by atoms with E-state index in [9.17, 15) is 9.90 Å². The Balaban J connectivity index is 1.82. The van der Waals surface area contributed by atoms with E-state index in [-0.39, 0.29) is 18.0 Å². The first-order valence-corrected chi connectivity index (χ1v) is 6.91. The molecule has 2 aromatic heterocycles. The van der Waals surface area contributed by atoms with Gasteiger partial charge in [-0.25, -0.2) is 9.67 Å². The third-order valence-electron chi connectivity index (χ3n) is 3.91. The van der Waals surface area contributed by atoms with Gasteiger partial charge in [0.25, 0.3) is 0 Å². The van der Waals surface area contributed by atoms with E-state index in [1.165, 1.54) is 0 Å². The molecule has 3 rings (SSSR count). The molecular weight excluding hydrogens is 270 g/mol.